The summed E-state index contributed by atoms with van der Waals surface area (Å²) in [5.41, 5.74) is 7.80. The Balaban J connectivity index is 3.07. The van der Waals surface area contributed by atoms with Crippen LogP contribution in [0.4, 0.5) is 0 Å². The van der Waals surface area contributed by atoms with Crippen LogP contribution in [0.3, 0.4) is 0 Å². The first-order valence-electron chi connectivity index (χ1n) is 4.66. The molecule has 2 nitrogen and oxygen atoms in total. The van der Waals surface area contributed by atoms with Gasteiger partial charge >= 0.3 is 0 Å². The van der Waals surface area contributed by atoms with E-state index in [2.05, 4.69) is 0 Å². The quantitative estimate of drug-likeness (QED) is 0.754. The molecule has 0 radical (unpaired) electrons. The molecule has 0 saturated heterocycles. The zero-order chi connectivity index (χ0) is 10.7. The van der Waals surface area contributed by atoms with E-state index in [0.29, 0.717) is 5.75 Å². The van der Waals surface area contributed by atoms with Crippen molar-refractivity contribution >= 4 is 11.8 Å². The molecule has 1 aromatic carbocycles. The molecule has 0 fully saturated rings. The van der Waals surface area contributed by atoms with Gasteiger partial charge in [0.1, 0.15) is 5.75 Å². The minimum absolute atomic E-state index is 0.128. The minimum atomic E-state index is 0.128. The second kappa shape index (κ2) is 4.71. The smallest absolute Gasteiger partial charge is 0.118 e. The van der Waals surface area contributed by atoms with Crippen molar-refractivity contribution in [3.05, 3.63) is 23.3 Å². The van der Waals surface area contributed by atoms with Gasteiger partial charge in [-0.1, -0.05) is 0 Å². The summed E-state index contributed by atoms with van der Waals surface area (Å²) in [6.07, 6.45) is 2.85. The number of thioether (sulfide) groups is 1. The first-order valence-corrected chi connectivity index (χ1v) is 5.89. The second-order valence-corrected chi connectivity index (χ2v) is 4.48. The van der Waals surface area contributed by atoms with E-state index in [1.165, 1.54) is 4.90 Å². The molecule has 1 aromatic rings. The lowest BCUT2D eigenvalue weighted by molar-refractivity contribution is 0.469. The molecule has 3 N–H and O–H groups in total. The van der Waals surface area contributed by atoms with Gasteiger partial charge in [-0.2, -0.15) is 0 Å². The van der Waals surface area contributed by atoms with Crippen LogP contribution in [0, 0.1) is 6.92 Å². The van der Waals surface area contributed by atoms with Crippen LogP contribution in [0.2, 0.25) is 0 Å². The molecular weight excluding hydrogens is 194 g/mol. The van der Waals surface area contributed by atoms with Gasteiger partial charge in [0, 0.05) is 10.9 Å². The predicted molar refractivity (Wildman–Crippen MR) is 62.0 cm³/mol. The highest BCUT2D eigenvalue weighted by Gasteiger charge is 2.07. The van der Waals surface area contributed by atoms with Crippen LogP contribution < -0.4 is 5.73 Å². The molecule has 0 heterocycles. The molecule has 1 rings (SSSR count). The van der Waals surface area contributed by atoms with Crippen LogP contribution in [0.1, 0.15) is 18.1 Å². The van der Waals surface area contributed by atoms with Crippen molar-refractivity contribution in [3.8, 4) is 5.75 Å². The summed E-state index contributed by atoms with van der Waals surface area (Å²) in [5.74, 6) is 0.360. The Morgan fingerprint density at radius 2 is 2.14 bits per heavy atom. The van der Waals surface area contributed by atoms with E-state index in [1.54, 1.807) is 11.8 Å². The molecule has 0 aromatic heterocycles. The molecule has 0 aliphatic carbocycles. The van der Waals surface area contributed by atoms with Crippen molar-refractivity contribution in [1.29, 1.82) is 0 Å². The van der Waals surface area contributed by atoms with E-state index in [-0.39, 0.29) is 6.04 Å². The van der Waals surface area contributed by atoms with E-state index >= 15 is 0 Å². The zero-order valence-corrected chi connectivity index (χ0v) is 9.69. The number of nitrogens with two attached hydrogens (primary N) is 1. The zero-order valence-electron chi connectivity index (χ0n) is 8.87. The molecule has 0 aliphatic rings. The molecule has 0 spiro atoms. The van der Waals surface area contributed by atoms with Crippen LogP contribution in [-0.4, -0.2) is 17.4 Å². The van der Waals surface area contributed by atoms with Gasteiger partial charge in [0.2, 0.25) is 0 Å². The summed E-state index contributed by atoms with van der Waals surface area (Å²) >= 11 is 1.69. The number of hydrogen-bond acceptors (Lipinski definition) is 3. The highest BCUT2D eigenvalue weighted by atomic mass is 32.2. The van der Waals surface area contributed by atoms with Crippen molar-refractivity contribution in [2.45, 2.75) is 31.2 Å². The number of aryl methyl sites for hydroxylation is 1. The molecule has 3 heteroatoms. The van der Waals surface area contributed by atoms with Gasteiger partial charge in [-0.15, -0.1) is 11.8 Å². The number of benzene rings is 1. The maximum absolute atomic E-state index is 9.58. The van der Waals surface area contributed by atoms with Crippen LogP contribution >= 0.6 is 11.8 Å². The maximum atomic E-state index is 9.58. The monoisotopic (exact) mass is 211 g/mol. The van der Waals surface area contributed by atoms with Gasteiger partial charge in [-0.3, -0.25) is 0 Å². The second-order valence-electron chi connectivity index (χ2n) is 3.63. The Morgan fingerprint density at radius 1 is 1.50 bits per heavy atom. The Kier molecular flexibility index (Phi) is 3.84. The molecule has 1 unspecified atom stereocenters. The first-order chi connectivity index (χ1) is 6.54. The van der Waals surface area contributed by atoms with Crippen molar-refractivity contribution in [3.63, 3.8) is 0 Å². The van der Waals surface area contributed by atoms with Crippen LogP contribution in [0.5, 0.6) is 5.75 Å². The average Bonchev–Trinajstić information content (AvgIpc) is 2.10. The molecule has 1 atom stereocenters. The lowest BCUT2D eigenvalue weighted by atomic mass is 10.1. The van der Waals surface area contributed by atoms with E-state index in [1.807, 2.05) is 32.2 Å². The van der Waals surface area contributed by atoms with E-state index in [0.717, 1.165) is 17.5 Å². The molecule has 0 bridgehead atoms. The molecule has 0 saturated carbocycles. The van der Waals surface area contributed by atoms with Crippen LogP contribution in [-0.2, 0) is 6.42 Å². The fourth-order valence-corrected chi connectivity index (χ4v) is 2.11. The summed E-state index contributed by atoms with van der Waals surface area (Å²) in [7, 11) is 0. The third kappa shape index (κ3) is 2.66. The molecule has 78 valence electrons. The Morgan fingerprint density at radius 3 is 2.64 bits per heavy atom. The van der Waals surface area contributed by atoms with Gasteiger partial charge in [0.05, 0.1) is 0 Å². The lowest BCUT2D eigenvalue weighted by Crippen LogP contribution is -2.18. The van der Waals surface area contributed by atoms with Crippen molar-refractivity contribution < 1.29 is 5.11 Å². The largest absolute Gasteiger partial charge is 0.508 e. The Labute approximate surface area is 89.5 Å². The van der Waals surface area contributed by atoms with E-state index in [4.69, 9.17) is 5.73 Å². The molecular formula is C11H17NOS. The van der Waals surface area contributed by atoms with Crippen molar-refractivity contribution in [2.24, 2.45) is 5.73 Å². The standard InChI is InChI=1S/C11H17NOS/c1-7-4-11(14-3)9(5-8(2)12)6-10(7)13/h4,6,8,13H,5,12H2,1-3H3. The topological polar surface area (TPSA) is 46.2 Å². The summed E-state index contributed by atoms with van der Waals surface area (Å²) in [6.45, 7) is 3.88. The van der Waals surface area contributed by atoms with Crippen LogP contribution in [0.15, 0.2) is 17.0 Å². The van der Waals surface area contributed by atoms with Gasteiger partial charge < -0.3 is 10.8 Å². The normalized spacial score (nSPS) is 12.9. The van der Waals surface area contributed by atoms with Gasteiger partial charge in [0.25, 0.3) is 0 Å². The summed E-state index contributed by atoms with van der Waals surface area (Å²) in [4.78, 5) is 1.21. The van der Waals surface area contributed by atoms with Crippen molar-refractivity contribution in [2.75, 3.05) is 6.26 Å². The number of aromatic hydroxyl groups is 1. The number of hydrogen-bond donors (Lipinski definition) is 2. The van der Waals surface area contributed by atoms with Gasteiger partial charge in [-0.05, 0) is 49.8 Å². The van der Waals surface area contributed by atoms with E-state index < -0.39 is 0 Å². The maximum Gasteiger partial charge on any atom is 0.118 e. The summed E-state index contributed by atoms with van der Waals surface area (Å²) in [5, 5.41) is 9.58. The third-order valence-electron chi connectivity index (χ3n) is 2.14. The molecule has 14 heavy (non-hydrogen) atoms. The SMILES string of the molecule is CSc1cc(C)c(O)cc1CC(C)N. The summed E-state index contributed by atoms with van der Waals surface area (Å²) < 4.78 is 0. The summed E-state index contributed by atoms with van der Waals surface area (Å²) in [6, 6.07) is 3.96. The van der Waals surface area contributed by atoms with Gasteiger partial charge in [-0.25, -0.2) is 0 Å². The average molecular weight is 211 g/mol. The minimum Gasteiger partial charge on any atom is -0.508 e. The van der Waals surface area contributed by atoms with Crippen LogP contribution in [0.25, 0.3) is 0 Å². The predicted octanol–water partition coefficient (Wildman–Crippen LogP) is 2.31. The van der Waals surface area contributed by atoms with Crippen molar-refractivity contribution in [1.82, 2.24) is 0 Å². The number of phenolic OH excluding ortho intramolecular Hbond substituents is 1. The molecule has 0 amide bonds. The highest BCUT2D eigenvalue weighted by molar-refractivity contribution is 7.98. The fourth-order valence-electron chi connectivity index (χ4n) is 1.41. The van der Waals surface area contributed by atoms with Gasteiger partial charge in [0.15, 0.2) is 0 Å². The Hall–Kier alpha value is -0.670. The fraction of sp³-hybridized carbons (Fsp3) is 0.455. The van der Waals surface area contributed by atoms with E-state index in [9.17, 15) is 5.11 Å². The first kappa shape index (κ1) is 11.4. The number of rotatable bonds is 3. The number of phenols is 1. The molecule has 0 aliphatic heterocycles. The third-order valence-corrected chi connectivity index (χ3v) is 2.96. The highest BCUT2D eigenvalue weighted by Crippen LogP contribution is 2.28. The Bertz CT molecular complexity index is 323. The lowest BCUT2D eigenvalue weighted by Gasteiger charge is -2.12.